The standard InChI is InChI=1S/C44H44F3N5O5/c45-44(46,47)35-18-10-15-33(27-35)29-48-39(53)28-37(41(54)50-25-23-49(24-26-50)22-21-32-13-6-2-7-14-32)51-36(20-19-31-11-4-1-5-12-31)40(42(51)55)52-38(30-57-43(52)56)34-16-8-3-9-17-34/h1-20,27,36-38,40H,21-26,28-30H2,(H,48,53)/b20-19+/t36-,37+,38-,40+/m1/s1. The molecule has 3 fully saturated rings. The van der Waals surface area contributed by atoms with Gasteiger partial charge in [-0.05, 0) is 40.8 Å². The summed E-state index contributed by atoms with van der Waals surface area (Å²) in [6.07, 6.45) is -1.21. The van der Waals surface area contributed by atoms with Crippen molar-refractivity contribution in [3.63, 3.8) is 0 Å². The van der Waals surface area contributed by atoms with Crippen LogP contribution in [0.3, 0.4) is 0 Å². The van der Waals surface area contributed by atoms with Crippen LogP contribution in [0, 0.1) is 0 Å². The minimum absolute atomic E-state index is 0.0383. The number of β-lactam (4-membered cyclic amide) rings is 1. The van der Waals surface area contributed by atoms with Crippen LogP contribution in [-0.2, 0) is 38.3 Å². The highest BCUT2D eigenvalue weighted by atomic mass is 19.4. The van der Waals surface area contributed by atoms with Crippen LogP contribution >= 0.6 is 0 Å². The van der Waals surface area contributed by atoms with Gasteiger partial charge in [0.2, 0.25) is 17.7 Å². The largest absolute Gasteiger partial charge is 0.447 e. The number of carbonyl (C=O) groups excluding carboxylic acids is 4. The highest BCUT2D eigenvalue weighted by Gasteiger charge is 2.58. The number of hydrogen-bond acceptors (Lipinski definition) is 6. The molecule has 4 amide bonds. The molecule has 57 heavy (non-hydrogen) atoms. The maximum atomic E-state index is 14.6. The zero-order chi connectivity index (χ0) is 39.9. The third-order valence-electron chi connectivity index (χ3n) is 10.8. The number of amides is 4. The number of alkyl halides is 3. The molecule has 3 saturated heterocycles. The van der Waals surface area contributed by atoms with E-state index in [1.165, 1.54) is 27.5 Å². The van der Waals surface area contributed by atoms with Gasteiger partial charge in [-0.3, -0.25) is 24.2 Å². The summed E-state index contributed by atoms with van der Waals surface area (Å²) >= 11 is 0. The van der Waals surface area contributed by atoms with E-state index in [-0.39, 0.29) is 18.7 Å². The lowest BCUT2D eigenvalue weighted by atomic mass is 9.87. The highest BCUT2D eigenvalue weighted by molar-refractivity contribution is 5.99. The average Bonchev–Trinajstić information content (AvgIpc) is 3.61. The van der Waals surface area contributed by atoms with Gasteiger partial charge in [0, 0.05) is 39.3 Å². The zero-order valence-corrected chi connectivity index (χ0v) is 31.3. The van der Waals surface area contributed by atoms with Crippen LogP contribution in [0.1, 0.15) is 40.3 Å². The number of hydrogen-bond donors (Lipinski definition) is 1. The number of nitrogens with zero attached hydrogens (tertiary/aromatic N) is 4. The Morgan fingerprint density at radius 3 is 2.16 bits per heavy atom. The summed E-state index contributed by atoms with van der Waals surface area (Å²) in [6.45, 7) is 2.58. The number of likely N-dealkylation sites (tertiary alicyclic amines) is 1. The topological polar surface area (TPSA) is 103 Å². The Labute approximate surface area is 329 Å². The fourth-order valence-corrected chi connectivity index (χ4v) is 7.75. The molecule has 4 aromatic rings. The molecule has 10 nitrogen and oxygen atoms in total. The molecule has 296 valence electrons. The summed E-state index contributed by atoms with van der Waals surface area (Å²) in [6, 6.07) is 29.7. The second-order valence-corrected chi connectivity index (χ2v) is 14.5. The molecular formula is C44H44F3N5O5. The van der Waals surface area contributed by atoms with Gasteiger partial charge < -0.3 is 19.9 Å². The summed E-state index contributed by atoms with van der Waals surface area (Å²) < 4.78 is 45.7. The Hall–Kier alpha value is -5.95. The van der Waals surface area contributed by atoms with Gasteiger partial charge in [-0.25, -0.2) is 4.79 Å². The van der Waals surface area contributed by atoms with Crippen LogP contribution in [0.4, 0.5) is 18.0 Å². The van der Waals surface area contributed by atoms with E-state index < -0.39 is 66.1 Å². The number of carbonyl (C=O) groups is 4. The molecular weight excluding hydrogens is 736 g/mol. The van der Waals surface area contributed by atoms with E-state index in [1.54, 1.807) is 11.0 Å². The number of rotatable bonds is 13. The fraction of sp³-hybridized carbons (Fsp3) is 0.318. The molecule has 4 aromatic carbocycles. The maximum Gasteiger partial charge on any atom is 0.416 e. The highest BCUT2D eigenvalue weighted by Crippen LogP contribution is 2.39. The second kappa shape index (κ2) is 17.5. The summed E-state index contributed by atoms with van der Waals surface area (Å²) in [4.78, 5) is 62.9. The van der Waals surface area contributed by atoms with Crippen molar-refractivity contribution in [2.75, 3.05) is 39.3 Å². The number of ether oxygens (including phenoxy) is 1. The van der Waals surface area contributed by atoms with E-state index in [1.807, 2.05) is 84.9 Å². The Morgan fingerprint density at radius 1 is 0.825 bits per heavy atom. The molecule has 4 atom stereocenters. The molecule has 7 rings (SSSR count). The third-order valence-corrected chi connectivity index (χ3v) is 10.8. The molecule has 0 aliphatic carbocycles. The van der Waals surface area contributed by atoms with Crippen LogP contribution in [0.25, 0.3) is 6.08 Å². The van der Waals surface area contributed by atoms with Gasteiger partial charge in [0.15, 0.2) is 0 Å². The van der Waals surface area contributed by atoms with E-state index in [0.717, 1.165) is 36.2 Å². The summed E-state index contributed by atoms with van der Waals surface area (Å²) in [7, 11) is 0. The lowest BCUT2D eigenvalue weighted by molar-refractivity contribution is -0.167. The number of piperazine rings is 1. The lowest BCUT2D eigenvalue weighted by Crippen LogP contribution is -2.74. The maximum absolute atomic E-state index is 14.6. The summed E-state index contributed by atoms with van der Waals surface area (Å²) in [5.41, 5.74) is 2.21. The summed E-state index contributed by atoms with van der Waals surface area (Å²) in [5, 5.41) is 2.67. The molecule has 0 radical (unpaired) electrons. The van der Waals surface area contributed by atoms with Crippen molar-refractivity contribution >= 4 is 29.9 Å². The molecule has 3 aliphatic rings. The number of halogens is 3. The van der Waals surface area contributed by atoms with Gasteiger partial charge in [0.25, 0.3) is 0 Å². The summed E-state index contributed by atoms with van der Waals surface area (Å²) in [5.74, 6) is -1.54. The first-order valence-corrected chi connectivity index (χ1v) is 19.1. The van der Waals surface area contributed by atoms with Gasteiger partial charge in [-0.15, -0.1) is 0 Å². The van der Waals surface area contributed by atoms with Gasteiger partial charge in [-0.1, -0.05) is 115 Å². The van der Waals surface area contributed by atoms with Crippen molar-refractivity contribution in [1.82, 2.24) is 24.9 Å². The third kappa shape index (κ3) is 9.20. The van der Waals surface area contributed by atoms with Crippen LogP contribution in [0.5, 0.6) is 0 Å². The van der Waals surface area contributed by atoms with E-state index in [0.29, 0.717) is 26.2 Å². The molecule has 13 heteroatoms. The molecule has 1 N–H and O–H groups in total. The Bertz CT molecular complexity index is 2060. The molecule has 0 aromatic heterocycles. The predicted octanol–water partition coefficient (Wildman–Crippen LogP) is 5.95. The normalized spacial score (nSPS) is 20.7. The fourth-order valence-electron chi connectivity index (χ4n) is 7.75. The second-order valence-electron chi connectivity index (χ2n) is 14.5. The van der Waals surface area contributed by atoms with Crippen molar-refractivity contribution in [3.8, 4) is 0 Å². The monoisotopic (exact) mass is 779 g/mol. The Kier molecular flexibility index (Phi) is 12.0. The SMILES string of the molecule is O=C(C[C@@H](C(=O)N1CCN(CCc2ccccc2)CC1)N1C(=O)[C@@H](N2C(=O)OC[C@@H]2c2ccccc2)[C@H]1/C=C/c1ccccc1)NCc1cccc(C(F)(F)F)c1. The number of nitrogens with one attached hydrogen (secondary N) is 1. The van der Waals surface area contributed by atoms with Crippen LogP contribution in [-0.4, -0.2) is 101 Å². The van der Waals surface area contributed by atoms with E-state index in [9.17, 15) is 32.3 Å². The minimum Gasteiger partial charge on any atom is -0.447 e. The molecule has 0 saturated carbocycles. The first-order chi connectivity index (χ1) is 27.6. The van der Waals surface area contributed by atoms with Crippen molar-refractivity contribution in [2.24, 2.45) is 0 Å². The molecule has 3 heterocycles. The van der Waals surface area contributed by atoms with Gasteiger partial charge in [0.1, 0.15) is 18.7 Å². The van der Waals surface area contributed by atoms with Gasteiger partial charge in [-0.2, -0.15) is 13.2 Å². The average molecular weight is 780 g/mol. The van der Waals surface area contributed by atoms with E-state index in [4.69, 9.17) is 4.74 Å². The first kappa shape index (κ1) is 39.3. The molecule has 0 unspecified atom stereocenters. The van der Waals surface area contributed by atoms with Crippen LogP contribution in [0.15, 0.2) is 121 Å². The molecule has 0 spiro atoms. The Balaban J connectivity index is 1.15. The lowest BCUT2D eigenvalue weighted by Gasteiger charge is -2.53. The Morgan fingerprint density at radius 2 is 1.47 bits per heavy atom. The predicted molar refractivity (Wildman–Crippen MR) is 207 cm³/mol. The van der Waals surface area contributed by atoms with E-state index >= 15 is 0 Å². The van der Waals surface area contributed by atoms with Crippen molar-refractivity contribution in [2.45, 2.75) is 49.7 Å². The number of cyclic esters (lactones) is 1. The van der Waals surface area contributed by atoms with Crippen molar-refractivity contribution in [3.05, 3.63) is 149 Å². The molecule has 3 aliphatic heterocycles. The van der Waals surface area contributed by atoms with Crippen molar-refractivity contribution < 1.29 is 37.1 Å². The minimum atomic E-state index is -4.55. The van der Waals surface area contributed by atoms with Crippen molar-refractivity contribution in [1.29, 1.82) is 0 Å². The van der Waals surface area contributed by atoms with E-state index in [2.05, 4.69) is 22.3 Å². The van der Waals surface area contributed by atoms with Gasteiger partial charge in [0.05, 0.1) is 24.1 Å². The molecule has 0 bridgehead atoms. The first-order valence-electron chi connectivity index (χ1n) is 19.1. The van der Waals surface area contributed by atoms with Crippen LogP contribution in [0.2, 0.25) is 0 Å². The van der Waals surface area contributed by atoms with Crippen LogP contribution < -0.4 is 5.32 Å². The zero-order valence-electron chi connectivity index (χ0n) is 31.3. The smallest absolute Gasteiger partial charge is 0.416 e. The number of benzene rings is 4. The quantitative estimate of drug-likeness (QED) is 0.168. The van der Waals surface area contributed by atoms with Gasteiger partial charge >= 0.3 is 12.3 Å².